The number of hydrogen-bond acceptors (Lipinski definition) is 3. The first-order chi connectivity index (χ1) is 6.86. The van der Waals surface area contributed by atoms with Crippen LogP contribution >= 0.6 is 0 Å². The lowest BCUT2D eigenvalue weighted by Crippen LogP contribution is -2.16. The van der Waals surface area contributed by atoms with Crippen LogP contribution in [0.5, 0.6) is 0 Å². The average Bonchev–Trinajstić information content (AvgIpc) is 2.88. The van der Waals surface area contributed by atoms with Crippen LogP contribution in [-0.2, 0) is 18.4 Å². The molecule has 0 atom stereocenters. The van der Waals surface area contributed by atoms with Crippen molar-refractivity contribution >= 4 is 0 Å². The Morgan fingerprint density at radius 2 is 2.07 bits per heavy atom. The summed E-state index contributed by atoms with van der Waals surface area (Å²) in [5.74, 6) is 1.18. The Balaban J connectivity index is 2.05. The molecular formula is C11H16N2O. The molecule has 0 aliphatic heterocycles. The van der Waals surface area contributed by atoms with Crippen molar-refractivity contribution < 1.29 is 4.52 Å². The molecule has 0 saturated heterocycles. The van der Waals surface area contributed by atoms with Gasteiger partial charge in [0.05, 0.1) is 0 Å². The zero-order valence-corrected chi connectivity index (χ0v) is 8.38. The first-order valence-corrected chi connectivity index (χ1v) is 5.54. The second kappa shape index (κ2) is 2.83. The molecule has 1 fully saturated rings. The largest absolute Gasteiger partial charge is 0.360 e. The van der Waals surface area contributed by atoms with Crippen molar-refractivity contribution in [2.45, 2.75) is 50.5 Å². The minimum absolute atomic E-state index is 0.357. The lowest BCUT2D eigenvalue weighted by atomic mass is 9.84. The van der Waals surface area contributed by atoms with E-state index in [0.29, 0.717) is 12.0 Å². The van der Waals surface area contributed by atoms with Crippen LogP contribution in [0.1, 0.15) is 49.1 Å². The highest BCUT2D eigenvalue weighted by Gasteiger charge is 2.45. The van der Waals surface area contributed by atoms with Gasteiger partial charge in [0.1, 0.15) is 11.5 Å². The molecule has 0 radical (unpaired) electrons. The molecule has 1 heterocycles. The van der Waals surface area contributed by atoms with E-state index in [1.54, 1.807) is 0 Å². The SMILES string of the molecule is NCc1noc2c1CCC21CCCC1. The van der Waals surface area contributed by atoms with Crippen molar-refractivity contribution in [3.8, 4) is 0 Å². The minimum atomic E-state index is 0.357. The van der Waals surface area contributed by atoms with Gasteiger partial charge < -0.3 is 10.3 Å². The van der Waals surface area contributed by atoms with Crippen molar-refractivity contribution in [3.05, 3.63) is 17.0 Å². The van der Waals surface area contributed by atoms with E-state index in [1.165, 1.54) is 43.4 Å². The maximum absolute atomic E-state index is 5.63. The summed E-state index contributed by atoms with van der Waals surface area (Å²) in [6.45, 7) is 0.523. The normalized spacial score (nSPS) is 23.2. The van der Waals surface area contributed by atoms with Gasteiger partial charge in [-0.3, -0.25) is 0 Å². The third-order valence-electron chi connectivity index (χ3n) is 3.96. The molecule has 3 rings (SSSR count). The van der Waals surface area contributed by atoms with E-state index in [0.717, 1.165) is 12.1 Å². The second-order valence-electron chi connectivity index (χ2n) is 4.63. The van der Waals surface area contributed by atoms with Gasteiger partial charge in [-0.1, -0.05) is 18.0 Å². The topological polar surface area (TPSA) is 52.0 Å². The highest BCUT2D eigenvalue weighted by atomic mass is 16.5. The van der Waals surface area contributed by atoms with Crippen LogP contribution in [0.25, 0.3) is 0 Å². The van der Waals surface area contributed by atoms with Crippen molar-refractivity contribution in [1.29, 1.82) is 0 Å². The van der Waals surface area contributed by atoms with Gasteiger partial charge in [-0.25, -0.2) is 0 Å². The fourth-order valence-electron chi connectivity index (χ4n) is 3.18. The predicted molar refractivity (Wildman–Crippen MR) is 52.9 cm³/mol. The van der Waals surface area contributed by atoms with Crippen molar-refractivity contribution in [2.75, 3.05) is 0 Å². The van der Waals surface area contributed by atoms with Gasteiger partial charge in [-0.15, -0.1) is 0 Å². The Bertz CT molecular complexity index is 350. The van der Waals surface area contributed by atoms with E-state index in [1.807, 2.05) is 0 Å². The van der Waals surface area contributed by atoms with E-state index in [4.69, 9.17) is 10.3 Å². The van der Waals surface area contributed by atoms with Gasteiger partial charge in [0.15, 0.2) is 0 Å². The van der Waals surface area contributed by atoms with Crippen LogP contribution in [0, 0.1) is 0 Å². The Labute approximate surface area is 83.6 Å². The molecule has 1 aromatic heterocycles. The molecule has 3 heteroatoms. The summed E-state index contributed by atoms with van der Waals surface area (Å²) in [6, 6.07) is 0. The number of aromatic nitrogens is 1. The smallest absolute Gasteiger partial charge is 0.146 e. The molecule has 0 aromatic carbocycles. The van der Waals surface area contributed by atoms with Crippen molar-refractivity contribution in [3.63, 3.8) is 0 Å². The summed E-state index contributed by atoms with van der Waals surface area (Å²) in [4.78, 5) is 0. The Hall–Kier alpha value is -0.830. The average molecular weight is 192 g/mol. The highest BCUT2D eigenvalue weighted by Crippen LogP contribution is 2.50. The van der Waals surface area contributed by atoms with Gasteiger partial charge in [0.2, 0.25) is 0 Å². The summed E-state index contributed by atoms with van der Waals surface area (Å²) in [6.07, 6.45) is 7.66. The van der Waals surface area contributed by atoms with Crippen LogP contribution in [-0.4, -0.2) is 5.16 Å². The summed E-state index contributed by atoms with van der Waals surface area (Å²) in [7, 11) is 0. The van der Waals surface area contributed by atoms with Gasteiger partial charge in [-0.05, 0) is 25.7 Å². The molecular weight excluding hydrogens is 176 g/mol. The zero-order chi connectivity index (χ0) is 9.60. The fourth-order valence-corrected chi connectivity index (χ4v) is 3.18. The van der Waals surface area contributed by atoms with E-state index in [-0.39, 0.29) is 0 Å². The Morgan fingerprint density at radius 1 is 1.29 bits per heavy atom. The molecule has 3 nitrogen and oxygen atoms in total. The fraction of sp³-hybridized carbons (Fsp3) is 0.727. The molecule has 1 saturated carbocycles. The van der Waals surface area contributed by atoms with E-state index in [2.05, 4.69) is 5.16 Å². The molecule has 14 heavy (non-hydrogen) atoms. The summed E-state index contributed by atoms with van der Waals surface area (Å²) in [5.41, 5.74) is 8.31. The summed E-state index contributed by atoms with van der Waals surface area (Å²) >= 11 is 0. The lowest BCUT2D eigenvalue weighted by molar-refractivity contribution is 0.290. The predicted octanol–water partition coefficient (Wildman–Crippen LogP) is 1.89. The molecule has 2 aliphatic rings. The van der Waals surface area contributed by atoms with Crippen LogP contribution < -0.4 is 5.73 Å². The number of rotatable bonds is 1. The van der Waals surface area contributed by atoms with Crippen molar-refractivity contribution in [1.82, 2.24) is 5.16 Å². The maximum Gasteiger partial charge on any atom is 0.146 e. The molecule has 1 aromatic rings. The first kappa shape index (κ1) is 8.48. The molecule has 76 valence electrons. The lowest BCUT2D eigenvalue weighted by Gasteiger charge is -2.19. The number of fused-ring (bicyclic) bond motifs is 2. The van der Waals surface area contributed by atoms with E-state index >= 15 is 0 Å². The Morgan fingerprint density at radius 3 is 2.79 bits per heavy atom. The summed E-state index contributed by atoms with van der Waals surface area (Å²) in [5, 5.41) is 4.08. The van der Waals surface area contributed by atoms with Gasteiger partial charge >= 0.3 is 0 Å². The standard InChI is InChI=1S/C11H16N2O/c12-7-9-8-3-6-11(4-1-2-5-11)10(8)14-13-9/h1-7,12H2. The molecule has 1 spiro atoms. The second-order valence-corrected chi connectivity index (χ2v) is 4.63. The van der Waals surface area contributed by atoms with E-state index < -0.39 is 0 Å². The van der Waals surface area contributed by atoms with E-state index in [9.17, 15) is 0 Å². The molecule has 0 unspecified atom stereocenters. The Kier molecular flexibility index (Phi) is 1.71. The highest BCUT2D eigenvalue weighted by molar-refractivity contribution is 5.35. The molecule has 0 amide bonds. The first-order valence-electron chi connectivity index (χ1n) is 5.54. The maximum atomic E-state index is 5.63. The number of hydrogen-bond donors (Lipinski definition) is 1. The number of nitrogens with zero attached hydrogens (tertiary/aromatic N) is 1. The zero-order valence-electron chi connectivity index (χ0n) is 8.38. The van der Waals surface area contributed by atoms with Gasteiger partial charge in [-0.2, -0.15) is 0 Å². The number of nitrogens with two attached hydrogens (primary N) is 1. The van der Waals surface area contributed by atoms with Gasteiger partial charge in [0.25, 0.3) is 0 Å². The van der Waals surface area contributed by atoms with Crippen LogP contribution in [0.3, 0.4) is 0 Å². The molecule has 2 N–H and O–H groups in total. The summed E-state index contributed by atoms with van der Waals surface area (Å²) < 4.78 is 5.51. The molecule has 0 bridgehead atoms. The minimum Gasteiger partial charge on any atom is -0.360 e. The van der Waals surface area contributed by atoms with Gasteiger partial charge in [0, 0.05) is 17.5 Å². The van der Waals surface area contributed by atoms with Crippen molar-refractivity contribution in [2.24, 2.45) is 5.73 Å². The van der Waals surface area contributed by atoms with Crippen LogP contribution in [0.4, 0.5) is 0 Å². The monoisotopic (exact) mass is 192 g/mol. The van der Waals surface area contributed by atoms with Crippen LogP contribution in [0.15, 0.2) is 4.52 Å². The quantitative estimate of drug-likeness (QED) is 0.739. The third-order valence-corrected chi connectivity index (χ3v) is 3.96. The third kappa shape index (κ3) is 0.934. The molecule has 2 aliphatic carbocycles. The van der Waals surface area contributed by atoms with Crippen LogP contribution in [0.2, 0.25) is 0 Å².